The van der Waals surface area contributed by atoms with Crippen LogP contribution in [-0.2, 0) is 14.3 Å². The average Bonchev–Trinajstić information content (AvgIpc) is 2.71. The number of nitrogens with one attached hydrogen (secondary N) is 2. The minimum absolute atomic E-state index is 0.0392. The highest BCUT2D eigenvalue weighted by atomic mass is 16.5. The lowest BCUT2D eigenvalue weighted by Gasteiger charge is -2.26. The van der Waals surface area contributed by atoms with E-state index in [4.69, 9.17) is 9.47 Å². The zero-order valence-electron chi connectivity index (χ0n) is 16.0. The first-order valence-corrected chi connectivity index (χ1v) is 9.71. The second kappa shape index (κ2) is 9.82. The molecule has 0 aromatic heterocycles. The zero-order chi connectivity index (χ0) is 19.1. The third kappa shape index (κ3) is 5.76. The summed E-state index contributed by atoms with van der Waals surface area (Å²) in [6.07, 6.45) is 1.75. The summed E-state index contributed by atoms with van der Waals surface area (Å²) in [5, 5.41) is 5.92. The molecule has 0 spiro atoms. The molecule has 7 nitrogen and oxygen atoms in total. The van der Waals surface area contributed by atoms with Gasteiger partial charge in [-0.2, -0.15) is 0 Å². The van der Waals surface area contributed by atoms with E-state index in [1.54, 1.807) is 12.1 Å². The largest absolute Gasteiger partial charge is 0.381 e. The summed E-state index contributed by atoms with van der Waals surface area (Å²) in [4.78, 5) is 27.2. The molecule has 1 unspecified atom stereocenters. The lowest BCUT2D eigenvalue weighted by molar-refractivity contribution is -0.123. The number of ether oxygens (including phenoxy) is 2. The molecule has 0 bridgehead atoms. The van der Waals surface area contributed by atoms with Gasteiger partial charge in [0.2, 0.25) is 5.91 Å². The zero-order valence-corrected chi connectivity index (χ0v) is 16.0. The van der Waals surface area contributed by atoms with Gasteiger partial charge in [0, 0.05) is 44.0 Å². The number of hydrogen-bond donors (Lipinski definition) is 2. The number of morpholine rings is 1. The van der Waals surface area contributed by atoms with Crippen molar-refractivity contribution in [1.82, 2.24) is 10.2 Å². The predicted octanol–water partition coefficient (Wildman–Crippen LogP) is 1.42. The number of rotatable bonds is 6. The van der Waals surface area contributed by atoms with Crippen LogP contribution in [0, 0.1) is 12.8 Å². The second-order valence-corrected chi connectivity index (χ2v) is 7.14. The minimum atomic E-state index is -0.125. The lowest BCUT2D eigenvalue weighted by atomic mass is 10.0. The molecule has 1 aromatic rings. The molecule has 0 aliphatic carbocycles. The molecular weight excluding hydrogens is 346 g/mol. The molecule has 148 valence electrons. The number of hydrogen-bond acceptors (Lipinski definition) is 5. The van der Waals surface area contributed by atoms with Crippen molar-refractivity contribution in [3.63, 3.8) is 0 Å². The summed E-state index contributed by atoms with van der Waals surface area (Å²) >= 11 is 0. The summed E-state index contributed by atoms with van der Waals surface area (Å²) in [5.41, 5.74) is 2.18. The Labute approximate surface area is 160 Å². The van der Waals surface area contributed by atoms with Crippen LogP contribution < -0.4 is 10.6 Å². The van der Waals surface area contributed by atoms with Crippen LogP contribution in [-0.4, -0.2) is 69.3 Å². The molecule has 2 amide bonds. The SMILES string of the molecule is Cc1ccc(C(=O)NCCN2CCOCC2)cc1NC(=O)C1CCCOC1. The van der Waals surface area contributed by atoms with E-state index < -0.39 is 0 Å². The number of aryl methyl sites for hydroxylation is 1. The fourth-order valence-corrected chi connectivity index (χ4v) is 3.33. The molecule has 27 heavy (non-hydrogen) atoms. The van der Waals surface area contributed by atoms with Crippen molar-refractivity contribution in [2.75, 3.05) is 57.9 Å². The highest BCUT2D eigenvalue weighted by molar-refractivity contribution is 5.98. The van der Waals surface area contributed by atoms with Gasteiger partial charge in [-0.25, -0.2) is 0 Å². The summed E-state index contributed by atoms with van der Waals surface area (Å²) in [5.74, 6) is -0.286. The van der Waals surface area contributed by atoms with E-state index in [0.29, 0.717) is 24.4 Å². The predicted molar refractivity (Wildman–Crippen MR) is 103 cm³/mol. The van der Waals surface area contributed by atoms with Crippen molar-refractivity contribution in [2.45, 2.75) is 19.8 Å². The average molecular weight is 375 g/mol. The van der Waals surface area contributed by atoms with E-state index in [-0.39, 0.29) is 17.7 Å². The van der Waals surface area contributed by atoms with E-state index >= 15 is 0 Å². The Morgan fingerprint density at radius 3 is 2.74 bits per heavy atom. The van der Waals surface area contributed by atoms with E-state index in [2.05, 4.69) is 15.5 Å². The Morgan fingerprint density at radius 2 is 2.00 bits per heavy atom. The molecule has 0 saturated carbocycles. The monoisotopic (exact) mass is 375 g/mol. The van der Waals surface area contributed by atoms with Gasteiger partial charge >= 0.3 is 0 Å². The minimum Gasteiger partial charge on any atom is -0.381 e. The van der Waals surface area contributed by atoms with Gasteiger partial charge in [0.05, 0.1) is 25.7 Å². The number of carbonyl (C=O) groups excluding carboxylic acids is 2. The number of anilines is 1. The summed E-state index contributed by atoms with van der Waals surface area (Å²) in [6.45, 7) is 7.83. The van der Waals surface area contributed by atoms with Crippen LogP contribution in [0.4, 0.5) is 5.69 Å². The Morgan fingerprint density at radius 1 is 1.19 bits per heavy atom. The Balaban J connectivity index is 1.53. The third-order valence-corrected chi connectivity index (χ3v) is 5.11. The highest BCUT2D eigenvalue weighted by Gasteiger charge is 2.22. The molecular formula is C20H29N3O4. The van der Waals surface area contributed by atoms with Crippen LogP contribution in [0.3, 0.4) is 0 Å². The van der Waals surface area contributed by atoms with Crippen LogP contribution in [0.2, 0.25) is 0 Å². The van der Waals surface area contributed by atoms with Gasteiger partial charge in [-0.3, -0.25) is 14.5 Å². The summed E-state index contributed by atoms with van der Waals surface area (Å²) < 4.78 is 10.7. The molecule has 7 heteroatoms. The molecule has 2 saturated heterocycles. The molecule has 3 rings (SSSR count). The van der Waals surface area contributed by atoms with Crippen molar-refractivity contribution < 1.29 is 19.1 Å². The van der Waals surface area contributed by atoms with E-state index in [1.165, 1.54) is 0 Å². The van der Waals surface area contributed by atoms with E-state index in [1.807, 2.05) is 13.0 Å². The standard InChI is InChI=1S/C20H29N3O4/c1-15-4-5-16(19(24)21-6-7-23-8-11-26-12-9-23)13-18(15)22-20(25)17-3-2-10-27-14-17/h4-5,13,17H,2-3,6-12,14H2,1H3,(H,21,24)(H,22,25). The van der Waals surface area contributed by atoms with Gasteiger partial charge in [0.25, 0.3) is 5.91 Å². The van der Waals surface area contributed by atoms with Crippen LogP contribution in [0.5, 0.6) is 0 Å². The van der Waals surface area contributed by atoms with E-state index in [9.17, 15) is 9.59 Å². The third-order valence-electron chi connectivity index (χ3n) is 5.11. The maximum absolute atomic E-state index is 12.5. The molecule has 1 atom stereocenters. The van der Waals surface area contributed by atoms with Crippen LogP contribution in [0.15, 0.2) is 18.2 Å². The van der Waals surface area contributed by atoms with Crippen molar-refractivity contribution >= 4 is 17.5 Å². The van der Waals surface area contributed by atoms with Gasteiger partial charge in [-0.05, 0) is 37.5 Å². The van der Waals surface area contributed by atoms with Gasteiger partial charge in [0.1, 0.15) is 0 Å². The van der Waals surface area contributed by atoms with Gasteiger partial charge in [0.15, 0.2) is 0 Å². The van der Waals surface area contributed by atoms with Crippen molar-refractivity contribution in [2.24, 2.45) is 5.92 Å². The smallest absolute Gasteiger partial charge is 0.251 e. The molecule has 2 aliphatic rings. The molecule has 1 aromatic carbocycles. The van der Waals surface area contributed by atoms with Crippen molar-refractivity contribution in [3.8, 4) is 0 Å². The Kier molecular flexibility index (Phi) is 7.20. The fraction of sp³-hybridized carbons (Fsp3) is 0.600. The molecule has 0 radical (unpaired) electrons. The fourth-order valence-electron chi connectivity index (χ4n) is 3.33. The Bertz CT molecular complexity index is 653. The molecule has 2 aliphatic heterocycles. The lowest BCUT2D eigenvalue weighted by Crippen LogP contribution is -2.41. The maximum Gasteiger partial charge on any atom is 0.251 e. The second-order valence-electron chi connectivity index (χ2n) is 7.14. The topological polar surface area (TPSA) is 79.9 Å². The normalized spacial score (nSPS) is 20.9. The summed E-state index contributed by atoms with van der Waals surface area (Å²) in [6, 6.07) is 5.41. The van der Waals surface area contributed by atoms with Gasteiger partial charge in [-0.1, -0.05) is 6.07 Å². The first kappa shape index (κ1) is 19.8. The van der Waals surface area contributed by atoms with E-state index in [0.717, 1.165) is 57.9 Å². The van der Waals surface area contributed by atoms with Crippen LogP contribution in [0.25, 0.3) is 0 Å². The van der Waals surface area contributed by atoms with Crippen LogP contribution in [0.1, 0.15) is 28.8 Å². The van der Waals surface area contributed by atoms with Gasteiger partial charge in [-0.15, -0.1) is 0 Å². The Hall–Kier alpha value is -1.96. The number of benzene rings is 1. The first-order chi connectivity index (χ1) is 13.1. The van der Waals surface area contributed by atoms with Crippen molar-refractivity contribution in [3.05, 3.63) is 29.3 Å². The number of amides is 2. The molecule has 2 N–H and O–H groups in total. The highest BCUT2D eigenvalue weighted by Crippen LogP contribution is 2.20. The first-order valence-electron chi connectivity index (χ1n) is 9.71. The van der Waals surface area contributed by atoms with Crippen LogP contribution >= 0.6 is 0 Å². The number of nitrogens with zero attached hydrogens (tertiary/aromatic N) is 1. The number of carbonyl (C=O) groups is 2. The molecule has 2 heterocycles. The summed E-state index contributed by atoms with van der Waals surface area (Å²) in [7, 11) is 0. The molecule has 2 fully saturated rings. The van der Waals surface area contributed by atoms with Crippen molar-refractivity contribution in [1.29, 1.82) is 0 Å². The maximum atomic E-state index is 12.5. The quantitative estimate of drug-likeness (QED) is 0.786. The van der Waals surface area contributed by atoms with Gasteiger partial charge < -0.3 is 20.1 Å².